The van der Waals surface area contributed by atoms with Crippen LogP contribution in [0.1, 0.15) is 45.6 Å². The van der Waals surface area contributed by atoms with E-state index < -0.39 is 17.7 Å². The SMILES string of the molecule is CC(C)(C)[N+]1(C(=O)OCc2ccccc2)N=CC2=C1C(O)C(Br)C1(CCNCC1)C2. The molecule has 3 atom stereocenters. The summed E-state index contributed by atoms with van der Waals surface area (Å²) in [4.78, 5) is 13.4. The summed E-state index contributed by atoms with van der Waals surface area (Å²) in [6.07, 6.45) is 3.32. The number of ether oxygens (including phenoxy) is 1. The first-order valence-electron chi connectivity index (χ1n) is 10.6. The molecule has 1 spiro atoms. The largest absolute Gasteiger partial charge is 0.549 e. The molecule has 1 aromatic rings. The summed E-state index contributed by atoms with van der Waals surface area (Å²) in [7, 11) is 0. The van der Waals surface area contributed by atoms with Gasteiger partial charge in [0.2, 0.25) is 0 Å². The van der Waals surface area contributed by atoms with E-state index in [4.69, 9.17) is 9.84 Å². The summed E-state index contributed by atoms with van der Waals surface area (Å²) < 4.78 is 5.42. The number of benzene rings is 1. The third-order valence-corrected chi connectivity index (χ3v) is 8.26. The maximum atomic E-state index is 13.5. The fourth-order valence-electron chi connectivity index (χ4n) is 5.10. The van der Waals surface area contributed by atoms with E-state index in [0.29, 0.717) is 5.70 Å². The predicted molar refractivity (Wildman–Crippen MR) is 120 cm³/mol. The van der Waals surface area contributed by atoms with Crippen LogP contribution < -0.4 is 5.32 Å². The van der Waals surface area contributed by atoms with Gasteiger partial charge in [-0.1, -0.05) is 56.0 Å². The number of carbonyl (C=O) groups excluding carboxylic acids is 1. The summed E-state index contributed by atoms with van der Waals surface area (Å²) in [5, 5.41) is 19.6. The number of alkyl halides is 1. The van der Waals surface area contributed by atoms with Crippen LogP contribution in [0.5, 0.6) is 0 Å². The first-order chi connectivity index (χ1) is 14.2. The van der Waals surface area contributed by atoms with E-state index in [1.807, 2.05) is 51.1 Å². The summed E-state index contributed by atoms with van der Waals surface area (Å²) in [5.74, 6) is 0. The van der Waals surface area contributed by atoms with Gasteiger partial charge in [-0.05, 0) is 64.1 Å². The van der Waals surface area contributed by atoms with Crippen LogP contribution in [0.2, 0.25) is 0 Å². The van der Waals surface area contributed by atoms with Crippen molar-refractivity contribution in [1.29, 1.82) is 0 Å². The van der Waals surface area contributed by atoms with E-state index in [9.17, 15) is 9.90 Å². The second kappa shape index (κ2) is 7.86. The van der Waals surface area contributed by atoms with Gasteiger partial charge in [-0.25, -0.2) is 0 Å². The van der Waals surface area contributed by atoms with Gasteiger partial charge in [-0.2, -0.15) is 4.79 Å². The van der Waals surface area contributed by atoms with E-state index in [0.717, 1.165) is 43.5 Å². The van der Waals surface area contributed by atoms with Crippen LogP contribution in [0.25, 0.3) is 0 Å². The lowest BCUT2D eigenvalue weighted by Gasteiger charge is -2.48. The molecule has 0 saturated carbocycles. The van der Waals surface area contributed by atoms with Crippen LogP contribution in [0.3, 0.4) is 0 Å². The highest BCUT2D eigenvalue weighted by atomic mass is 79.9. The van der Waals surface area contributed by atoms with Gasteiger partial charge in [0, 0.05) is 5.57 Å². The van der Waals surface area contributed by atoms with Gasteiger partial charge in [0.1, 0.15) is 18.2 Å². The molecule has 0 bridgehead atoms. The zero-order valence-electron chi connectivity index (χ0n) is 17.9. The molecule has 1 amide bonds. The quantitative estimate of drug-likeness (QED) is 0.497. The molecule has 1 saturated heterocycles. The first kappa shape index (κ1) is 21.7. The summed E-state index contributed by atoms with van der Waals surface area (Å²) in [5.41, 5.74) is 1.93. The maximum absolute atomic E-state index is 13.5. The fourth-order valence-corrected chi connectivity index (χ4v) is 5.97. The minimum Gasteiger partial charge on any atom is -0.413 e. The monoisotopic (exact) mass is 476 g/mol. The summed E-state index contributed by atoms with van der Waals surface area (Å²) >= 11 is 3.82. The van der Waals surface area contributed by atoms with Crippen molar-refractivity contribution in [2.24, 2.45) is 10.5 Å². The van der Waals surface area contributed by atoms with E-state index in [2.05, 4.69) is 21.2 Å². The Kier molecular flexibility index (Phi) is 5.68. The normalized spacial score (nSPS) is 30.4. The van der Waals surface area contributed by atoms with Crippen molar-refractivity contribution < 1.29 is 19.2 Å². The van der Waals surface area contributed by atoms with Gasteiger partial charge in [0.25, 0.3) is 0 Å². The number of carbonyl (C=O) groups is 1. The summed E-state index contributed by atoms with van der Waals surface area (Å²) in [6, 6.07) is 9.63. The molecule has 2 aliphatic heterocycles. The molecule has 1 aromatic carbocycles. The van der Waals surface area contributed by atoms with Crippen molar-refractivity contribution in [3.05, 3.63) is 47.2 Å². The Bertz CT molecular complexity index is 871. The fraction of sp³-hybridized carbons (Fsp3) is 0.565. The van der Waals surface area contributed by atoms with Gasteiger partial charge >= 0.3 is 6.09 Å². The van der Waals surface area contributed by atoms with Gasteiger partial charge in [-0.15, -0.1) is 0 Å². The van der Waals surface area contributed by atoms with E-state index in [-0.39, 0.29) is 21.4 Å². The number of aliphatic hydroxyl groups is 1. The molecule has 3 aliphatic rings. The number of allylic oxidation sites excluding steroid dienone is 1. The molecule has 162 valence electrons. The number of amides is 1. The summed E-state index contributed by atoms with van der Waals surface area (Å²) in [6.45, 7) is 7.95. The van der Waals surface area contributed by atoms with Crippen LogP contribution in [-0.2, 0) is 11.3 Å². The Morgan fingerprint density at radius 2 is 1.97 bits per heavy atom. The van der Waals surface area contributed by atoms with Crippen molar-refractivity contribution in [3.8, 4) is 0 Å². The molecule has 0 aromatic heterocycles. The molecule has 2 N–H and O–H groups in total. The third-order valence-electron chi connectivity index (χ3n) is 6.79. The van der Waals surface area contributed by atoms with E-state index in [1.165, 1.54) is 0 Å². The van der Waals surface area contributed by atoms with E-state index in [1.54, 1.807) is 6.21 Å². The smallest absolute Gasteiger partial charge is 0.413 e. The minimum absolute atomic E-state index is 0.0264. The molecule has 4 rings (SSSR count). The van der Waals surface area contributed by atoms with Crippen LogP contribution in [-0.4, -0.2) is 51.6 Å². The van der Waals surface area contributed by atoms with Gasteiger partial charge in [-0.3, -0.25) is 0 Å². The molecular weight excluding hydrogens is 446 g/mol. The number of hydrogen-bond donors (Lipinski definition) is 2. The average molecular weight is 477 g/mol. The molecule has 1 fully saturated rings. The number of aliphatic hydroxyl groups excluding tert-OH is 1. The van der Waals surface area contributed by atoms with Crippen molar-refractivity contribution in [3.63, 3.8) is 0 Å². The number of quaternary nitrogens is 1. The molecule has 6 nitrogen and oxygen atoms in total. The zero-order valence-corrected chi connectivity index (χ0v) is 19.5. The molecule has 7 heteroatoms. The Morgan fingerprint density at radius 1 is 1.30 bits per heavy atom. The van der Waals surface area contributed by atoms with Crippen molar-refractivity contribution in [1.82, 2.24) is 5.32 Å². The topological polar surface area (TPSA) is 70.9 Å². The number of piperidine rings is 1. The molecule has 0 radical (unpaired) electrons. The predicted octanol–water partition coefficient (Wildman–Crippen LogP) is 4.09. The van der Waals surface area contributed by atoms with Crippen LogP contribution in [0.4, 0.5) is 4.79 Å². The highest BCUT2D eigenvalue weighted by Crippen LogP contribution is 2.54. The van der Waals surface area contributed by atoms with Crippen molar-refractivity contribution >= 4 is 28.2 Å². The number of halogens is 1. The van der Waals surface area contributed by atoms with Crippen molar-refractivity contribution in [2.45, 2.75) is 63.1 Å². The second-order valence-corrected chi connectivity index (χ2v) is 10.6. The van der Waals surface area contributed by atoms with Crippen molar-refractivity contribution in [2.75, 3.05) is 13.1 Å². The standard InChI is InChI=1S/C23H31BrN3O3/c1-22(2,3)27(21(29)30-15-16-7-5-4-6-8-16)18-17(14-26-27)13-23(20(24)19(18)28)9-11-25-12-10-23/h4-8,14,19-20,25,28H,9-13,15H2,1-3H3/q+1. The minimum atomic E-state index is -0.808. The lowest BCUT2D eigenvalue weighted by atomic mass is 9.66. The highest BCUT2D eigenvalue weighted by Gasteiger charge is 2.64. The Labute approximate surface area is 186 Å². The molecule has 30 heavy (non-hydrogen) atoms. The van der Waals surface area contributed by atoms with Gasteiger partial charge in [0.15, 0.2) is 5.70 Å². The van der Waals surface area contributed by atoms with Gasteiger partial charge in [0.05, 0.1) is 11.0 Å². The molecule has 3 unspecified atom stereocenters. The lowest BCUT2D eigenvalue weighted by Crippen LogP contribution is -2.63. The second-order valence-electron chi connectivity index (χ2n) is 9.64. The Morgan fingerprint density at radius 3 is 2.60 bits per heavy atom. The number of hydrogen-bond acceptors (Lipinski definition) is 5. The number of nitrogens with zero attached hydrogens (tertiary/aromatic N) is 2. The van der Waals surface area contributed by atoms with Crippen LogP contribution >= 0.6 is 15.9 Å². The number of rotatable bonds is 2. The maximum Gasteiger partial charge on any atom is 0.549 e. The lowest BCUT2D eigenvalue weighted by molar-refractivity contribution is -0.876. The number of nitrogens with one attached hydrogen (secondary N) is 1. The van der Waals surface area contributed by atoms with Crippen LogP contribution in [0, 0.1) is 5.41 Å². The zero-order chi connectivity index (χ0) is 21.6. The average Bonchev–Trinajstić information content (AvgIpc) is 3.12. The first-order valence-corrected chi connectivity index (χ1v) is 11.6. The highest BCUT2D eigenvalue weighted by molar-refractivity contribution is 9.09. The molecule has 1 aliphatic carbocycles. The third kappa shape index (κ3) is 3.36. The van der Waals surface area contributed by atoms with Crippen LogP contribution in [0.15, 0.2) is 46.7 Å². The Hall–Kier alpha value is -1.54. The Balaban J connectivity index is 1.69. The van der Waals surface area contributed by atoms with E-state index >= 15 is 0 Å². The molecular formula is C23H31BrN3O3+. The van der Waals surface area contributed by atoms with Gasteiger partial charge < -0.3 is 15.2 Å². The molecule has 2 heterocycles.